The zero-order valence-corrected chi connectivity index (χ0v) is 15.8. The first kappa shape index (κ1) is 18.0. The van der Waals surface area contributed by atoms with Crippen LogP contribution in [0, 0.1) is 5.41 Å². The van der Waals surface area contributed by atoms with Gasteiger partial charge in [-0.15, -0.1) is 0 Å². The molecule has 1 atom stereocenters. The molecule has 4 nitrogen and oxygen atoms in total. The fourth-order valence-corrected chi connectivity index (χ4v) is 5.50. The van der Waals surface area contributed by atoms with E-state index in [0.717, 1.165) is 51.9 Å². The van der Waals surface area contributed by atoms with Gasteiger partial charge >= 0.3 is 0 Å². The number of hydrogen-bond donors (Lipinski definition) is 2. The maximum atomic E-state index is 13.2. The SMILES string of the molecule is O=C(NCCCN1CCC(O)CC1)[C@]1(c2ccccc2)CC12CCCC2. The van der Waals surface area contributed by atoms with Crippen LogP contribution < -0.4 is 5.32 Å². The van der Waals surface area contributed by atoms with Gasteiger partial charge in [0.25, 0.3) is 0 Å². The highest BCUT2D eigenvalue weighted by atomic mass is 16.3. The third-order valence-electron chi connectivity index (χ3n) is 7.09. The molecule has 0 radical (unpaired) electrons. The molecule has 0 aromatic heterocycles. The first-order chi connectivity index (χ1) is 12.7. The fraction of sp³-hybridized carbons (Fsp3) is 0.682. The number of nitrogens with one attached hydrogen (secondary N) is 1. The molecule has 1 spiro atoms. The average Bonchev–Trinajstić information content (AvgIpc) is 3.08. The van der Waals surface area contributed by atoms with Gasteiger partial charge < -0.3 is 15.3 Å². The van der Waals surface area contributed by atoms with Crippen LogP contribution in [0.3, 0.4) is 0 Å². The molecule has 1 heterocycles. The predicted octanol–water partition coefficient (Wildman–Crippen LogP) is 2.85. The van der Waals surface area contributed by atoms with Gasteiger partial charge in [-0.3, -0.25) is 4.79 Å². The topological polar surface area (TPSA) is 52.6 Å². The van der Waals surface area contributed by atoms with Crippen LogP contribution in [0.4, 0.5) is 0 Å². The number of carbonyl (C=O) groups is 1. The summed E-state index contributed by atoms with van der Waals surface area (Å²) in [4.78, 5) is 15.6. The van der Waals surface area contributed by atoms with E-state index in [-0.39, 0.29) is 22.8 Å². The Labute approximate surface area is 157 Å². The lowest BCUT2D eigenvalue weighted by Gasteiger charge is -2.29. The van der Waals surface area contributed by atoms with Crippen LogP contribution in [0.25, 0.3) is 0 Å². The van der Waals surface area contributed by atoms with Crippen LogP contribution in [0.5, 0.6) is 0 Å². The Hall–Kier alpha value is -1.39. The van der Waals surface area contributed by atoms with E-state index in [1.807, 2.05) is 6.07 Å². The highest BCUT2D eigenvalue weighted by molar-refractivity contribution is 5.93. The zero-order chi connectivity index (χ0) is 18.0. The molecular weight excluding hydrogens is 324 g/mol. The van der Waals surface area contributed by atoms with Crippen LogP contribution in [0.15, 0.2) is 30.3 Å². The van der Waals surface area contributed by atoms with Crippen LogP contribution in [-0.2, 0) is 10.2 Å². The number of piperidine rings is 1. The van der Waals surface area contributed by atoms with Gasteiger partial charge in [0.1, 0.15) is 0 Å². The van der Waals surface area contributed by atoms with Crippen LogP contribution >= 0.6 is 0 Å². The molecule has 1 aromatic carbocycles. The van der Waals surface area contributed by atoms with Crippen molar-refractivity contribution >= 4 is 5.91 Å². The second kappa shape index (κ2) is 7.32. The number of aliphatic hydroxyl groups is 1. The molecule has 4 rings (SSSR count). The van der Waals surface area contributed by atoms with Crippen molar-refractivity contribution in [1.82, 2.24) is 10.2 Å². The quantitative estimate of drug-likeness (QED) is 0.771. The van der Waals surface area contributed by atoms with Gasteiger partial charge in [-0.25, -0.2) is 0 Å². The van der Waals surface area contributed by atoms with E-state index >= 15 is 0 Å². The number of carbonyl (C=O) groups excluding carboxylic acids is 1. The van der Waals surface area contributed by atoms with Crippen LogP contribution in [0.2, 0.25) is 0 Å². The molecule has 142 valence electrons. The Morgan fingerprint density at radius 3 is 2.54 bits per heavy atom. The molecule has 0 bridgehead atoms. The second-order valence-corrected chi connectivity index (χ2v) is 8.62. The lowest BCUT2D eigenvalue weighted by atomic mass is 9.84. The minimum Gasteiger partial charge on any atom is -0.393 e. The summed E-state index contributed by atoms with van der Waals surface area (Å²) in [5.41, 5.74) is 1.16. The summed E-state index contributed by atoms with van der Waals surface area (Å²) >= 11 is 0. The average molecular weight is 357 g/mol. The third kappa shape index (κ3) is 3.18. The summed E-state index contributed by atoms with van der Waals surface area (Å²) in [6.45, 7) is 3.72. The van der Waals surface area contributed by atoms with E-state index in [0.29, 0.717) is 0 Å². The maximum Gasteiger partial charge on any atom is 0.231 e. The van der Waals surface area contributed by atoms with Gasteiger partial charge in [0, 0.05) is 19.6 Å². The number of nitrogens with zero attached hydrogens (tertiary/aromatic N) is 1. The number of likely N-dealkylation sites (tertiary alicyclic amines) is 1. The lowest BCUT2D eigenvalue weighted by Crippen LogP contribution is -2.41. The number of amides is 1. The van der Waals surface area contributed by atoms with Gasteiger partial charge in [-0.2, -0.15) is 0 Å². The minimum atomic E-state index is -0.278. The van der Waals surface area contributed by atoms with Crippen molar-refractivity contribution in [2.45, 2.75) is 62.9 Å². The Bertz CT molecular complexity index is 618. The van der Waals surface area contributed by atoms with Crippen molar-refractivity contribution < 1.29 is 9.90 Å². The highest BCUT2D eigenvalue weighted by Gasteiger charge is 2.72. The summed E-state index contributed by atoms with van der Waals surface area (Å²) in [5.74, 6) is 0.250. The monoisotopic (exact) mass is 356 g/mol. The van der Waals surface area contributed by atoms with Gasteiger partial charge in [0.15, 0.2) is 0 Å². The lowest BCUT2D eigenvalue weighted by molar-refractivity contribution is -0.124. The summed E-state index contributed by atoms with van der Waals surface area (Å²) in [5, 5.41) is 12.9. The van der Waals surface area contributed by atoms with E-state index in [1.54, 1.807) is 0 Å². The number of rotatable bonds is 6. The highest BCUT2D eigenvalue weighted by Crippen LogP contribution is 2.72. The number of aliphatic hydroxyl groups excluding tert-OH is 1. The van der Waals surface area contributed by atoms with E-state index in [1.165, 1.54) is 31.2 Å². The van der Waals surface area contributed by atoms with E-state index in [2.05, 4.69) is 34.5 Å². The Morgan fingerprint density at radius 2 is 1.85 bits per heavy atom. The maximum absolute atomic E-state index is 13.2. The Balaban J connectivity index is 1.33. The Kier molecular flexibility index (Phi) is 5.07. The van der Waals surface area contributed by atoms with Gasteiger partial charge in [-0.1, -0.05) is 43.2 Å². The number of benzene rings is 1. The molecule has 3 fully saturated rings. The molecule has 1 saturated heterocycles. The standard InChI is InChI=1S/C22H32N2O2/c25-19-9-15-24(16-10-19)14-6-13-23-20(26)22(18-7-2-1-3-8-18)17-21(22)11-4-5-12-21/h1-3,7-8,19,25H,4-6,9-17H2,(H,23,26)/t22-/m1/s1. The molecule has 1 aliphatic heterocycles. The van der Waals surface area contributed by atoms with E-state index in [9.17, 15) is 9.90 Å². The minimum absolute atomic E-state index is 0.117. The molecule has 26 heavy (non-hydrogen) atoms. The zero-order valence-electron chi connectivity index (χ0n) is 15.8. The molecule has 3 aliphatic rings. The van der Waals surface area contributed by atoms with Crippen molar-refractivity contribution in [3.63, 3.8) is 0 Å². The van der Waals surface area contributed by atoms with Crippen LogP contribution in [0.1, 0.15) is 56.9 Å². The molecule has 4 heteroatoms. The predicted molar refractivity (Wildman–Crippen MR) is 103 cm³/mol. The second-order valence-electron chi connectivity index (χ2n) is 8.62. The van der Waals surface area contributed by atoms with Gasteiger partial charge in [0.05, 0.1) is 11.5 Å². The fourth-order valence-electron chi connectivity index (χ4n) is 5.50. The molecule has 2 saturated carbocycles. The number of hydrogen-bond acceptors (Lipinski definition) is 3. The van der Waals surface area contributed by atoms with E-state index in [4.69, 9.17) is 0 Å². The molecule has 2 aliphatic carbocycles. The van der Waals surface area contributed by atoms with Gasteiger partial charge in [-0.05, 0) is 56.0 Å². The normalized spacial score (nSPS) is 28.3. The molecule has 0 unspecified atom stereocenters. The smallest absolute Gasteiger partial charge is 0.231 e. The van der Waals surface area contributed by atoms with Crippen molar-refractivity contribution in [2.24, 2.45) is 5.41 Å². The van der Waals surface area contributed by atoms with Crippen molar-refractivity contribution in [3.05, 3.63) is 35.9 Å². The van der Waals surface area contributed by atoms with Gasteiger partial charge in [0.2, 0.25) is 5.91 Å². The largest absolute Gasteiger partial charge is 0.393 e. The van der Waals surface area contributed by atoms with Crippen molar-refractivity contribution in [3.8, 4) is 0 Å². The van der Waals surface area contributed by atoms with Crippen LogP contribution in [-0.4, -0.2) is 48.2 Å². The molecule has 2 N–H and O–H groups in total. The van der Waals surface area contributed by atoms with Crippen molar-refractivity contribution in [2.75, 3.05) is 26.2 Å². The first-order valence-corrected chi connectivity index (χ1v) is 10.4. The summed E-state index contributed by atoms with van der Waals surface area (Å²) in [7, 11) is 0. The molecular formula is C22H32N2O2. The van der Waals surface area contributed by atoms with Crippen molar-refractivity contribution in [1.29, 1.82) is 0 Å². The molecule has 1 amide bonds. The first-order valence-electron chi connectivity index (χ1n) is 10.4. The summed E-state index contributed by atoms with van der Waals surface area (Å²) in [6.07, 6.45) is 8.59. The Morgan fingerprint density at radius 1 is 1.15 bits per heavy atom. The van der Waals surface area contributed by atoms with E-state index < -0.39 is 0 Å². The molecule has 1 aromatic rings. The summed E-state index contributed by atoms with van der Waals surface area (Å²) < 4.78 is 0. The summed E-state index contributed by atoms with van der Waals surface area (Å²) in [6, 6.07) is 10.5. The third-order valence-corrected chi connectivity index (χ3v) is 7.09.